The van der Waals surface area contributed by atoms with E-state index in [4.69, 9.17) is 19.9 Å². The van der Waals surface area contributed by atoms with E-state index in [1.165, 1.54) is 16.2 Å². The Balaban J connectivity index is 0.935. The van der Waals surface area contributed by atoms with Gasteiger partial charge in [0.05, 0.1) is 83.5 Å². The van der Waals surface area contributed by atoms with Gasteiger partial charge in [-0.05, 0) is 112 Å². The molecule has 0 spiro atoms. The molecule has 0 radical (unpaired) electrons. The molecule has 10 heteroatoms. The number of nitriles is 2. The quantitative estimate of drug-likeness (QED) is 0.173. The Morgan fingerprint density at radius 2 is 0.789 bits per heavy atom. The molecule has 0 bridgehead atoms. The van der Waals surface area contributed by atoms with E-state index in [0.717, 1.165) is 158 Å². The van der Waals surface area contributed by atoms with Gasteiger partial charge in [-0.3, -0.25) is 9.13 Å². The van der Waals surface area contributed by atoms with Crippen molar-refractivity contribution in [2.75, 3.05) is 0 Å². The van der Waals surface area contributed by atoms with Crippen molar-refractivity contribution in [1.29, 1.82) is 10.5 Å². The first-order valence-corrected chi connectivity index (χ1v) is 30.2. The zero-order chi connectivity index (χ0) is 58.8. The summed E-state index contributed by atoms with van der Waals surface area (Å²) in [7, 11) is 0. The van der Waals surface area contributed by atoms with Crippen LogP contribution in [0.25, 0.3) is 197 Å². The lowest BCUT2D eigenvalue weighted by molar-refractivity contribution is 1.00. The summed E-state index contributed by atoms with van der Waals surface area (Å²) < 4.78 is 9.51. The van der Waals surface area contributed by atoms with E-state index in [1.807, 2.05) is 60.7 Å². The van der Waals surface area contributed by atoms with Crippen LogP contribution < -0.4 is 0 Å². The predicted octanol–water partition coefficient (Wildman–Crippen LogP) is 19.5. The minimum absolute atomic E-state index is 0.316. The first kappa shape index (κ1) is 47.5. The number of aromatic nitrogens is 8. The number of hydrogen-bond acceptors (Lipinski definition) is 6. The molecular formula is C80H40N10. The van der Waals surface area contributed by atoms with Gasteiger partial charge in [0, 0.05) is 86.5 Å². The van der Waals surface area contributed by atoms with Gasteiger partial charge in [-0.25, -0.2) is 19.9 Å². The summed E-state index contributed by atoms with van der Waals surface area (Å²) in [5.74, 6) is 0.981. The first-order chi connectivity index (χ1) is 44.6. The van der Waals surface area contributed by atoms with Crippen LogP contribution in [0.3, 0.4) is 0 Å². The molecule has 0 atom stereocenters. The Morgan fingerprint density at radius 3 is 1.49 bits per heavy atom. The van der Waals surface area contributed by atoms with Crippen LogP contribution in [0.1, 0.15) is 11.3 Å². The van der Waals surface area contributed by atoms with Gasteiger partial charge in [0.15, 0.2) is 5.69 Å². The summed E-state index contributed by atoms with van der Waals surface area (Å²) in [6.07, 6.45) is 0. The highest BCUT2D eigenvalue weighted by molar-refractivity contribution is 6.38. The van der Waals surface area contributed by atoms with Gasteiger partial charge in [0.1, 0.15) is 6.07 Å². The van der Waals surface area contributed by atoms with Crippen LogP contribution in [0.4, 0.5) is 0 Å². The van der Waals surface area contributed by atoms with E-state index >= 15 is 0 Å². The Bertz CT molecular complexity index is 6930. The highest BCUT2D eigenvalue weighted by atomic mass is 15.2. The average Bonchev–Trinajstić information content (AvgIpc) is 1.52. The Kier molecular flexibility index (Phi) is 8.98. The third-order valence-corrected chi connectivity index (χ3v) is 19.4. The average molecular weight is 1140 g/mol. The molecule has 90 heavy (non-hydrogen) atoms. The lowest BCUT2D eigenvalue weighted by atomic mass is 9.93. The molecule has 410 valence electrons. The van der Waals surface area contributed by atoms with Gasteiger partial charge in [-0.2, -0.15) is 10.5 Å². The molecule has 0 saturated heterocycles. The smallest absolute Gasteiger partial charge is 0.236 e. The standard InChI is InChI=1S/C80H40N10/c81-41-43-29-31-44(32-30-43)73-55-23-6-11-25-63(55)84-80(86-73)89-67-28-14-9-21-52(67)58-40-57-51-20-8-13-27-66(51)88-75(57)72(77(58)89)61-36-47-17-3-4-18-49(47)70(78(61)88)48-33-34-53-59-39-56-50-19-7-12-26-65(50)87-69-37-46-16-2-1-15-45(46)35-60(69)71(74(56)87)76(59)90(68(53)38-48)79-83-62-24-10-5-22-54(62)64(42-82)85-79/h1-40H. The van der Waals surface area contributed by atoms with Crippen LogP contribution in [0.5, 0.6) is 0 Å². The van der Waals surface area contributed by atoms with Crippen LogP contribution in [-0.2, 0) is 0 Å². The number of para-hydroxylation sites is 5. The maximum absolute atomic E-state index is 11.0. The molecule has 0 aliphatic heterocycles. The van der Waals surface area contributed by atoms with E-state index in [1.54, 1.807) is 0 Å². The Morgan fingerprint density at radius 1 is 0.289 bits per heavy atom. The molecule has 0 N–H and O–H groups in total. The minimum Gasteiger partial charge on any atom is -0.308 e. The van der Waals surface area contributed by atoms with Crippen LogP contribution in [0.15, 0.2) is 243 Å². The summed E-state index contributed by atoms with van der Waals surface area (Å²) in [4.78, 5) is 21.7. The third-order valence-electron chi connectivity index (χ3n) is 19.4. The van der Waals surface area contributed by atoms with Gasteiger partial charge in [-0.15, -0.1) is 0 Å². The predicted molar refractivity (Wildman–Crippen MR) is 366 cm³/mol. The van der Waals surface area contributed by atoms with Crippen molar-refractivity contribution in [1.82, 2.24) is 37.9 Å². The van der Waals surface area contributed by atoms with Gasteiger partial charge in [0.2, 0.25) is 11.9 Å². The molecule has 21 rings (SSSR count). The lowest BCUT2D eigenvalue weighted by Crippen LogP contribution is -2.04. The number of rotatable bonds is 4. The van der Waals surface area contributed by atoms with Crippen LogP contribution in [-0.4, -0.2) is 37.9 Å². The van der Waals surface area contributed by atoms with Gasteiger partial charge in [0.25, 0.3) is 0 Å². The summed E-state index contributed by atoms with van der Waals surface area (Å²) in [5.41, 5.74) is 16.8. The molecule has 10 nitrogen and oxygen atoms in total. The van der Waals surface area contributed by atoms with Crippen molar-refractivity contribution >= 4 is 163 Å². The monoisotopic (exact) mass is 1140 g/mol. The molecule has 0 saturated carbocycles. The molecular weight excluding hydrogens is 1100 g/mol. The second-order valence-corrected chi connectivity index (χ2v) is 23.9. The fourth-order valence-corrected chi connectivity index (χ4v) is 15.8. The van der Waals surface area contributed by atoms with E-state index in [9.17, 15) is 10.5 Å². The molecule has 0 aliphatic rings. The van der Waals surface area contributed by atoms with Crippen molar-refractivity contribution in [3.63, 3.8) is 0 Å². The molecule has 0 amide bonds. The number of hydrogen-bond donors (Lipinski definition) is 0. The summed E-state index contributed by atoms with van der Waals surface area (Å²) in [6.45, 7) is 0. The fourth-order valence-electron chi connectivity index (χ4n) is 15.8. The highest BCUT2D eigenvalue weighted by Gasteiger charge is 2.31. The second-order valence-electron chi connectivity index (χ2n) is 23.9. The van der Waals surface area contributed by atoms with Gasteiger partial charge >= 0.3 is 0 Å². The van der Waals surface area contributed by atoms with Crippen LogP contribution >= 0.6 is 0 Å². The molecule has 0 fully saturated rings. The number of nitrogens with zero attached hydrogens (tertiary/aromatic N) is 10. The van der Waals surface area contributed by atoms with Crippen molar-refractivity contribution < 1.29 is 0 Å². The molecule has 8 aromatic heterocycles. The maximum atomic E-state index is 11.0. The fraction of sp³-hybridized carbons (Fsp3) is 0. The highest BCUT2D eigenvalue weighted by Crippen LogP contribution is 2.52. The van der Waals surface area contributed by atoms with E-state index in [-0.39, 0.29) is 0 Å². The van der Waals surface area contributed by atoms with Crippen molar-refractivity contribution in [3.05, 3.63) is 254 Å². The molecule has 0 unspecified atom stereocenters. The number of fused-ring (bicyclic) bond motifs is 24. The van der Waals surface area contributed by atoms with E-state index in [0.29, 0.717) is 34.1 Å². The normalized spacial score (nSPS) is 12.4. The topological polar surface area (TPSA) is 118 Å². The molecule has 13 aromatic carbocycles. The Hall–Kier alpha value is -12.8. The SMILES string of the molecule is N#Cc1ccc(-c2nc(-n3c4ccccc4c4cc5c6ccccc6n6c7c(-c8ccc9c%10cc%11c%12ccccc%12n%12c%13cc%14ccccc%14cc%13c(c%10n(-c%10nc(C#N)c%13ccccc%13n%10)c9c8)c%11%12)c8ccccc8cc7c(c43)c56)nc3ccccc23)cc1. The van der Waals surface area contributed by atoms with Gasteiger partial charge < -0.3 is 8.80 Å². The summed E-state index contributed by atoms with van der Waals surface area (Å²) in [6, 6.07) is 90.9. The molecule has 8 heterocycles. The summed E-state index contributed by atoms with van der Waals surface area (Å²) in [5, 5.41) is 40.4. The summed E-state index contributed by atoms with van der Waals surface area (Å²) >= 11 is 0. The van der Waals surface area contributed by atoms with E-state index < -0.39 is 0 Å². The third kappa shape index (κ3) is 5.98. The molecule has 21 aromatic rings. The van der Waals surface area contributed by atoms with Crippen LogP contribution in [0.2, 0.25) is 0 Å². The van der Waals surface area contributed by atoms with Crippen molar-refractivity contribution in [2.45, 2.75) is 0 Å². The maximum Gasteiger partial charge on any atom is 0.236 e. The first-order valence-electron chi connectivity index (χ1n) is 30.2. The van der Waals surface area contributed by atoms with E-state index in [2.05, 4.69) is 212 Å². The van der Waals surface area contributed by atoms with Gasteiger partial charge in [-0.1, -0.05) is 158 Å². The number of benzene rings is 13. The second kappa shape index (κ2) is 17.0. The van der Waals surface area contributed by atoms with Crippen molar-refractivity contribution in [2.24, 2.45) is 0 Å². The van der Waals surface area contributed by atoms with Crippen molar-refractivity contribution in [3.8, 4) is 46.4 Å². The zero-order valence-corrected chi connectivity index (χ0v) is 47.6. The lowest BCUT2D eigenvalue weighted by Gasteiger charge is -2.14. The largest absolute Gasteiger partial charge is 0.308 e. The zero-order valence-electron chi connectivity index (χ0n) is 47.6. The van der Waals surface area contributed by atoms with Crippen LogP contribution in [0, 0.1) is 22.7 Å². The Labute approximate surface area is 509 Å². The molecule has 0 aliphatic carbocycles. The minimum atomic E-state index is 0.316.